The Balaban J connectivity index is 1.92. The predicted molar refractivity (Wildman–Crippen MR) is 154 cm³/mol. The number of benzene rings is 3. The molecule has 0 spiro atoms. The van der Waals surface area contributed by atoms with Gasteiger partial charge in [-0.3, -0.25) is 4.57 Å². The monoisotopic (exact) mass is 611 g/mol. The van der Waals surface area contributed by atoms with E-state index in [2.05, 4.69) is 6.07 Å². The Morgan fingerprint density at radius 3 is 2.33 bits per heavy atom. The third-order valence-corrected chi connectivity index (χ3v) is 8.22. The largest absolute Gasteiger partial charge is 0.493 e. The molecule has 0 bridgehead atoms. The van der Waals surface area contributed by atoms with Crippen LogP contribution in [0.1, 0.15) is 66.3 Å². The minimum atomic E-state index is -1.92. The summed E-state index contributed by atoms with van der Waals surface area (Å²) in [5.74, 6) is -4.88. The van der Waals surface area contributed by atoms with Crippen LogP contribution in [0.5, 0.6) is 5.88 Å². The van der Waals surface area contributed by atoms with Crippen molar-refractivity contribution in [1.29, 1.82) is 5.26 Å². The minimum absolute atomic E-state index is 0.0377. The molecule has 0 saturated heterocycles. The third kappa shape index (κ3) is 4.46. The Kier molecular flexibility index (Phi) is 7.20. The van der Waals surface area contributed by atoms with Crippen LogP contribution in [-0.4, -0.2) is 25.3 Å². The van der Waals surface area contributed by atoms with Gasteiger partial charge in [-0.1, -0.05) is 62.2 Å². The van der Waals surface area contributed by atoms with Crippen molar-refractivity contribution in [3.05, 3.63) is 115 Å². The van der Waals surface area contributed by atoms with E-state index < -0.39 is 52.0 Å². The molecule has 5 rings (SSSR count). The van der Waals surface area contributed by atoms with Crippen LogP contribution in [0.3, 0.4) is 0 Å². The van der Waals surface area contributed by atoms with E-state index in [0.717, 1.165) is 10.6 Å². The molecular formula is C31H25Cl2F2N3O4. The quantitative estimate of drug-likeness (QED) is 0.248. The van der Waals surface area contributed by atoms with Crippen molar-refractivity contribution in [2.75, 3.05) is 0 Å². The number of carboxylic acid groups (broad SMARTS) is 1. The lowest BCUT2D eigenvalue weighted by Crippen LogP contribution is -2.41. The maximum absolute atomic E-state index is 15.9. The molecule has 11 heteroatoms. The van der Waals surface area contributed by atoms with E-state index in [1.165, 1.54) is 59.2 Å². The number of imidazole rings is 1. The smallest absolute Gasteiger partial charge is 0.336 e. The van der Waals surface area contributed by atoms with Gasteiger partial charge in [0.1, 0.15) is 17.0 Å². The van der Waals surface area contributed by atoms with Gasteiger partial charge >= 0.3 is 11.7 Å². The second-order valence-electron chi connectivity index (χ2n) is 11.5. The first-order valence-corrected chi connectivity index (χ1v) is 13.7. The molecular weight excluding hydrogens is 587 g/mol. The van der Waals surface area contributed by atoms with Crippen molar-refractivity contribution in [3.8, 4) is 17.6 Å². The Labute approximate surface area is 249 Å². The summed E-state index contributed by atoms with van der Waals surface area (Å²) < 4.78 is 33.9. The van der Waals surface area contributed by atoms with E-state index in [9.17, 15) is 25.1 Å². The van der Waals surface area contributed by atoms with Crippen LogP contribution in [0.25, 0.3) is 5.69 Å². The molecule has 7 nitrogen and oxygen atoms in total. The summed E-state index contributed by atoms with van der Waals surface area (Å²) in [5, 5.41) is 31.8. The summed E-state index contributed by atoms with van der Waals surface area (Å²) in [5.41, 5.74) is -3.45. The summed E-state index contributed by atoms with van der Waals surface area (Å²) in [6, 6.07) is 14.4. The molecule has 2 heterocycles. The molecule has 0 saturated carbocycles. The van der Waals surface area contributed by atoms with Gasteiger partial charge < -0.3 is 10.2 Å². The summed E-state index contributed by atoms with van der Waals surface area (Å²) in [6.45, 7) is 5.65. The van der Waals surface area contributed by atoms with Gasteiger partial charge in [-0.2, -0.15) is 5.26 Å². The molecule has 1 aliphatic heterocycles. The molecule has 4 aromatic rings. The van der Waals surface area contributed by atoms with E-state index in [0.29, 0.717) is 0 Å². The molecule has 1 aromatic heterocycles. The minimum Gasteiger partial charge on any atom is -0.493 e. The summed E-state index contributed by atoms with van der Waals surface area (Å²) in [6.07, 6.45) is 0.148. The summed E-state index contributed by atoms with van der Waals surface area (Å²) >= 11 is 12.2. The standard InChI is InChI=1S/C31H25Cl2F2N3O4/c1-30(2,3)14-23-31(15-36,20-12-9-17(32)13-22(20)34)24(19-5-4-6-21(33)25(19)35)26-27(39)37(29(42)38(23)26)18-10-7-16(8-11-18)28(40)41/h4-13,23-24,39H,14H2,1-3H3,(H,40,41)/t23-,24-,31-/m0/s1. The summed E-state index contributed by atoms with van der Waals surface area (Å²) in [7, 11) is 0. The normalized spacial score (nSPS) is 19.9. The van der Waals surface area contributed by atoms with Gasteiger partial charge in [-0.25, -0.2) is 22.9 Å². The van der Waals surface area contributed by atoms with Gasteiger partial charge in [-0.05, 0) is 54.3 Å². The van der Waals surface area contributed by atoms with Crippen LogP contribution in [0.4, 0.5) is 8.78 Å². The van der Waals surface area contributed by atoms with Crippen LogP contribution in [0.15, 0.2) is 65.5 Å². The first kappa shape index (κ1) is 29.4. The van der Waals surface area contributed by atoms with E-state index in [1.54, 1.807) is 0 Å². The second kappa shape index (κ2) is 10.3. The molecule has 0 amide bonds. The lowest BCUT2D eigenvalue weighted by molar-refractivity contribution is 0.0697. The highest BCUT2D eigenvalue weighted by molar-refractivity contribution is 6.31. The first-order chi connectivity index (χ1) is 19.7. The fourth-order valence-corrected chi connectivity index (χ4v) is 6.36. The Bertz CT molecular complexity index is 1840. The SMILES string of the molecule is CC(C)(C)C[C@@H]1n2c(c(O)n(-c3ccc(C(=O)O)cc3)c2=O)[C@H](c2cccc(Cl)c2F)[C@@]1(C#N)c1ccc(Cl)cc1F. The molecule has 1 aliphatic rings. The van der Waals surface area contributed by atoms with Crippen LogP contribution in [0, 0.1) is 28.4 Å². The van der Waals surface area contributed by atoms with Gasteiger partial charge in [0, 0.05) is 16.1 Å². The molecule has 42 heavy (non-hydrogen) atoms. The maximum Gasteiger partial charge on any atom is 0.336 e. The first-order valence-electron chi connectivity index (χ1n) is 12.9. The molecule has 3 aromatic carbocycles. The van der Waals surface area contributed by atoms with Gasteiger partial charge in [0.2, 0.25) is 5.88 Å². The fraction of sp³-hybridized carbons (Fsp3) is 0.258. The number of carbonyl (C=O) groups is 1. The second-order valence-corrected chi connectivity index (χ2v) is 12.4. The maximum atomic E-state index is 15.9. The Morgan fingerprint density at radius 2 is 1.76 bits per heavy atom. The van der Waals surface area contributed by atoms with Crippen molar-refractivity contribution >= 4 is 29.2 Å². The topological polar surface area (TPSA) is 108 Å². The van der Waals surface area contributed by atoms with E-state index in [-0.39, 0.29) is 44.5 Å². The predicted octanol–water partition coefficient (Wildman–Crippen LogP) is 7.21. The number of aromatic carboxylic acids is 1. The molecule has 216 valence electrons. The zero-order chi connectivity index (χ0) is 30.7. The average molecular weight is 612 g/mol. The van der Waals surface area contributed by atoms with Gasteiger partial charge in [0.25, 0.3) is 0 Å². The highest BCUT2D eigenvalue weighted by Gasteiger charge is 2.61. The number of hydrogen-bond acceptors (Lipinski definition) is 4. The molecule has 3 atom stereocenters. The zero-order valence-corrected chi connectivity index (χ0v) is 24.2. The van der Waals surface area contributed by atoms with Gasteiger partial charge in [-0.15, -0.1) is 0 Å². The van der Waals surface area contributed by atoms with E-state index >= 15 is 8.78 Å². The van der Waals surface area contributed by atoms with Crippen molar-refractivity contribution in [2.45, 2.75) is 44.6 Å². The van der Waals surface area contributed by atoms with E-state index in [4.69, 9.17) is 23.2 Å². The molecule has 0 aliphatic carbocycles. The molecule has 0 unspecified atom stereocenters. The summed E-state index contributed by atoms with van der Waals surface area (Å²) in [4.78, 5) is 25.6. The van der Waals surface area contributed by atoms with Crippen molar-refractivity contribution in [3.63, 3.8) is 0 Å². The fourth-order valence-electron chi connectivity index (χ4n) is 6.02. The van der Waals surface area contributed by atoms with Crippen LogP contribution < -0.4 is 5.69 Å². The number of rotatable bonds is 5. The van der Waals surface area contributed by atoms with Gasteiger partial charge in [0.05, 0.1) is 40.0 Å². The van der Waals surface area contributed by atoms with Crippen molar-refractivity contribution in [1.82, 2.24) is 9.13 Å². The Morgan fingerprint density at radius 1 is 1.10 bits per heavy atom. The number of hydrogen-bond donors (Lipinski definition) is 2. The number of carboxylic acids is 1. The highest BCUT2D eigenvalue weighted by Crippen LogP contribution is 2.60. The van der Waals surface area contributed by atoms with Crippen LogP contribution >= 0.6 is 23.2 Å². The van der Waals surface area contributed by atoms with E-state index in [1.807, 2.05) is 20.8 Å². The number of nitriles is 1. The van der Waals surface area contributed by atoms with Crippen LogP contribution in [-0.2, 0) is 5.41 Å². The Hall–Kier alpha value is -4.13. The molecule has 0 radical (unpaired) electrons. The molecule has 0 fully saturated rings. The number of nitrogens with zero attached hydrogens (tertiary/aromatic N) is 3. The zero-order valence-electron chi connectivity index (χ0n) is 22.7. The van der Waals surface area contributed by atoms with Crippen LogP contribution in [0.2, 0.25) is 10.0 Å². The number of halogens is 4. The lowest BCUT2D eigenvalue weighted by Gasteiger charge is -2.38. The molecule has 2 N–H and O–H groups in total. The number of aromatic nitrogens is 2. The number of fused-ring (bicyclic) bond motifs is 1. The average Bonchev–Trinajstić information content (AvgIpc) is 3.33. The van der Waals surface area contributed by atoms with Crippen molar-refractivity contribution in [2.24, 2.45) is 5.41 Å². The third-order valence-electron chi connectivity index (χ3n) is 7.70. The highest BCUT2D eigenvalue weighted by atomic mass is 35.5. The van der Waals surface area contributed by atoms with Crippen molar-refractivity contribution < 1.29 is 23.8 Å². The lowest BCUT2D eigenvalue weighted by atomic mass is 9.63. The number of aromatic hydroxyl groups is 1. The van der Waals surface area contributed by atoms with Gasteiger partial charge in [0.15, 0.2) is 0 Å².